The fraction of sp³-hybridized carbons (Fsp3) is 0.167. The Morgan fingerprint density at radius 3 is 2.68 bits per heavy atom. The molecule has 1 amide bonds. The molecule has 0 fully saturated rings. The minimum Gasteiger partial charge on any atom is -0.352 e. The number of thiazole rings is 1. The van der Waals surface area contributed by atoms with E-state index in [1.54, 1.807) is 47.0 Å². The van der Waals surface area contributed by atoms with E-state index < -0.39 is 5.82 Å². The highest BCUT2D eigenvalue weighted by Gasteiger charge is 2.13. The van der Waals surface area contributed by atoms with Crippen LogP contribution in [0.1, 0.15) is 28.1 Å². The molecule has 0 aliphatic heterocycles. The van der Waals surface area contributed by atoms with E-state index in [-0.39, 0.29) is 10.8 Å². The molecule has 0 saturated heterocycles. The van der Waals surface area contributed by atoms with Gasteiger partial charge in [0.15, 0.2) is 0 Å². The molecule has 2 aromatic heterocycles. The highest BCUT2D eigenvalue weighted by atomic mass is 32.1. The van der Waals surface area contributed by atoms with Crippen LogP contribution in [0, 0.1) is 5.82 Å². The van der Waals surface area contributed by atoms with E-state index in [1.165, 1.54) is 21.6 Å². The van der Waals surface area contributed by atoms with Crippen LogP contribution in [0.2, 0.25) is 0 Å². The molecule has 4 rings (SSSR count). The normalized spacial score (nSPS) is 10.9. The highest BCUT2D eigenvalue weighted by molar-refractivity contribution is 7.09. The van der Waals surface area contributed by atoms with Gasteiger partial charge in [-0.2, -0.15) is 0 Å². The zero-order chi connectivity index (χ0) is 21.6. The second-order valence-electron chi connectivity index (χ2n) is 7.08. The molecule has 31 heavy (non-hydrogen) atoms. The van der Waals surface area contributed by atoms with Crippen LogP contribution in [0.4, 0.5) is 4.39 Å². The van der Waals surface area contributed by atoms with Gasteiger partial charge in [0.25, 0.3) is 5.91 Å². The first-order valence-electron chi connectivity index (χ1n) is 9.99. The van der Waals surface area contributed by atoms with Gasteiger partial charge in [-0.25, -0.2) is 4.39 Å². The van der Waals surface area contributed by atoms with E-state index in [4.69, 9.17) is 0 Å². The van der Waals surface area contributed by atoms with Gasteiger partial charge in [-0.3, -0.25) is 14.2 Å². The molecule has 0 unspecified atom stereocenters. The van der Waals surface area contributed by atoms with Crippen molar-refractivity contribution in [3.05, 3.63) is 97.3 Å². The number of nitrogens with one attached hydrogen (secondary N) is 1. The second-order valence-corrected chi connectivity index (χ2v) is 8.93. The summed E-state index contributed by atoms with van der Waals surface area (Å²) in [6, 6.07) is 17.2. The summed E-state index contributed by atoms with van der Waals surface area (Å²) in [5, 5.41) is 6.77. The average molecular weight is 453 g/mol. The first-order valence-corrected chi connectivity index (χ1v) is 11.8. The van der Waals surface area contributed by atoms with Crippen LogP contribution in [0.25, 0.3) is 16.9 Å². The van der Waals surface area contributed by atoms with E-state index in [9.17, 15) is 14.0 Å². The lowest BCUT2D eigenvalue weighted by atomic mass is 10.1. The number of benzene rings is 2. The number of nitrogens with zero attached hydrogens (tertiary/aromatic N) is 1. The molecule has 0 atom stereocenters. The van der Waals surface area contributed by atoms with Crippen molar-refractivity contribution in [1.82, 2.24) is 9.88 Å². The van der Waals surface area contributed by atoms with Crippen LogP contribution in [0.5, 0.6) is 0 Å². The molecule has 0 bridgehead atoms. The molecule has 4 nitrogen and oxygen atoms in total. The van der Waals surface area contributed by atoms with E-state index in [0.29, 0.717) is 23.5 Å². The third-order valence-electron chi connectivity index (χ3n) is 4.90. The number of unbranched alkanes of at least 4 members (excludes halogenated alkanes) is 1. The minimum absolute atomic E-state index is 0.146. The number of halogens is 1. The quantitative estimate of drug-likeness (QED) is 0.358. The summed E-state index contributed by atoms with van der Waals surface area (Å²) in [6.45, 7) is 0.612. The van der Waals surface area contributed by atoms with E-state index in [2.05, 4.69) is 22.8 Å². The van der Waals surface area contributed by atoms with Crippen molar-refractivity contribution in [2.75, 3.05) is 6.54 Å². The van der Waals surface area contributed by atoms with Gasteiger partial charge in [0.05, 0.1) is 11.4 Å². The zero-order valence-corrected chi connectivity index (χ0v) is 18.3. The number of carbonyl (C=O) groups is 1. The molecular weight excluding hydrogens is 431 g/mol. The Balaban J connectivity index is 1.45. The summed E-state index contributed by atoms with van der Waals surface area (Å²) in [4.78, 5) is 26.2. The number of aryl methyl sites for hydroxylation is 1. The number of hydrogen-bond acceptors (Lipinski definition) is 4. The number of carbonyl (C=O) groups excluding carboxylic acids is 1. The second kappa shape index (κ2) is 9.85. The summed E-state index contributed by atoms with van der Waals surface area (Å²) >= 11 is 2.80. The Labute approximate surface area is 187 Å². The smallest absolute Gasteiger partial charge is 0.312 e. The van der Waals surface area contributed by atoms with Crippen LogP contribution < -0.4 is 10.2 Å². The molecule has 2 aromatic carbocycles. The van der Waals surface area contributed by atoms with Crippen molar-refractivity contribution < 1.29 is 9.18 Å². The fourth-order valence-electron chi connectivity index (χ4n) is 3.37. The fourth-order valence-corrected chi connectivity index (χ4v) is 4.88. The summed E-state index contributed by atoms with van der Waals surface area (Å²) in [5.74, 6) is -0.554. The Kier molecular flexibility index (Phi) is 6.74. The third-order valence-corrected chi connectivity index (χ3v) is 6.56. The van der Waals surface area contributed by atoms with E-state index >= 15 is 0 Å². The number of aromatic nitrogens is 1. The monoisotopic (exact) mass is 452 g/mol. The first kappa shape index (κ1) is 21.2. The topological polar surface area (TPSA) is 51.1 Å². The summed E-state index contributed by atoms with van der Waals surface area (Å²) in [5.41, 5.74) is 2.35. The number of rotatable bonds is 8. The molecule has 2 heterocycles. The van der Waals surface area contributed by atoms with Gasteiger partial charge in [0, 0.05) is 27.9 Å². The minimum atomic E-state index is -0.409. The molecule has 4 aromatic rings. The number of hydrogen-bond donors (Lipinski definition) is 1. The van der Waals surface area contributed by atoms with Crippen molar-refractivity contribution in [2.45, 2.75) is 19.3 Å². The van der Waals surface area contributed by atoms with Gasteiger partial charge in [-0.15, -0.1) is 11.3 Å². The highest BCUT2D eigenvalue weighted by Crippen LogP contribution is 2.24. The van der Waals surface area contributed by atoms with Gasteiger partial charge in [0.1, 0.15) is 5.82 Å². The molecule has 0 radical (unpaired) electrons. The summed E-state index contributed by atoms with van der Waals surface area (Å²) < 4.78 is 15.2. The average Bonchev–Trinajstić information content (AvgIpc) is 3.43. The maximum Gasteiger partial charge on any atom is 0.312 e. The van der Waals surface area contributed by atoms with Crippen LogP contribution in [0.3, 0.4) is 0 Å². The van der Waals surface area contributed by atoms with Crippen LogP contribution in [0.15, 0.2) is 76.2 Å². The van der Waals surface area contributed by atoms with Crippen molar-refractivity contribution in [1.29, 1.82) is 0 Å². The number of thiophene rings is 1. The van der Waals surface area contributed by atoms with Crippen LogP contribution >= 0.6 is 22.7 Å². The Hall–Kier alpha value is -3.03. The van der Waals surface area contributed by atoms with Gasteiger partial charge < -0.3 is 5.32 Å². The Morgan fingerprint density at radius 1 is 1.00 bits per heavy atom. The lowest BCUT2D eigenvalue weighted by Crippen LogP contribution is -2.24. The Morgan fingerprint density at radius 2 is 1.87 bits per heavy atom. The van der Waals surface area contributed by atoms with Crippen LogP contribution in [-0.2, 0) is 6.42 Å². The largest absolute Gasteiger partial charge is 0.352 e. The molecule has 1 N–H and O–H groups in total. The van der Waals surface area contributed by atoms with Crippen molar-refractivity contribution in [3.8, 4) is 16.9 Å². The zero-order valence-electron chi connectivity index (χ0n) is 16.7. The molecule has 158 valence electrons. The lowest BCUT2D eigenvalue weighted by molar-refractivity contribution is 0.0953. The third kappa shape index (κ3) is 5.18. The van der Waals surface area contributed by atoms with Gasteiger partial charge in [-0.1, -0.05) is 35.6 Å². The Bertz CT molecular complexity index is 1230. The molecule has 0 aliphatic carbocycles. The molecule has 0 saturated carbocycles. The standard InChI is InChI=1S/C24H21FN2O2S2/c25-19-8-4-9-20(15-19)27-22(16-31-24(27)29)17-6-3-7-18(14-17)23(28)26-12-2-1-10-21-11-5-13-30-21/h3-9,11,13-16H,1-2,10,12H2,(H,26,28). The first-order chi connectivity index (χ1) is 15.1. The predicted molar refractivity (Wildman–Crippen MR) is 125 cm³/mol. The predicted octanol–water partition coefficient (Wildman–Crippen LogP) is 5.52. The molecule has 7 heteroatoms. The van der Waals surface area contributed by atoms with Gasteiger partial charge >= 0.3 is 4.87 Å². The SMILES string of the molecule is O=C(NCCCCc1cccs1)c1cccc(-c2csc(=O)n2-c2cccc(F)c2)c1. The van der Waals surface area contributed by atoms with Gasteiger partial charge in [-0.05, 0) is 61.0 Å². The van der Waals surface area contributed by atoms with Gasteiger partial charge in [0.2, 0.25) is 0 Å². The molecular formula is C24H21FN2O2S2. The maximum atomic E-state index is 13.7. The summed E-state index contributed by atoms with van der Waals surface area (Å²) in [6.07, 6.45) is 2.96. The van der Waals surface area contributed by atoms with E-state index in [0.717, 1.165) is 36.2 Å². The van der Waals surface area contributed by atoms with Crippen molar-refractivity contribution in [2.24, 2.45) is 0 Å². The van der Waals surface area contributed by atoms with E-state index in [1.807, 2.05) is 6.07 Å². The van der Waals surface area contributed by atoms with Crippen molar-refractivity contribution in [3.63, 3.8) is 0 Å². The molecule has 0 spiro atoms. The molecule has 0 aliphatic rings. The lowest BCUT2D eigenvalue weighted by Gasteiger charge is -2.10. The van der Waals surface area contributed by atoms with Crippen LogP contribution in [-0.4, -0.2) is 17.0 Å². The maximum absolute atomic E-state index is 13.7. The summed E-state index contributed by atoms with van der Waals surface area (Å²) in [7, 11) is 0. The number of amides is 1. The van der Waals surface area contributed by atoms with Crippen molar-refractivity contribution >= 4 is 28.6 Å².